The smallest absolute Gasteiger partial charge is 0.175 e. The van der Waals surface area contributed by atoms with E-state index in [0.29, 0.717) is 5.82 Å². The third-order valence-corrected chi connectivity index (χ3v) is 5.42. The average Bonchev–Trinajstić information content (AvgIpc) is 3.18. The number of sulfone groups is 1. The summed E-state index contributed by atoms with van der Waals surface area (Å²) in [5.74, 6) is 0.675. The highest BCUT2D eigenvalue weighted by Crippen LogP contribution is 2.26. The van der Waals surface area contributed by atoms with E-state index in [1.165, 1.54) is 6.26 Å². The minimum atomic E-state index is -3.23. The Morgan fingerprint density at radius 3 is 2.36 bits per heavy atom. The Labute approximate surface area is 162 Å². The maximum absolute atomic E-state index is 11.6. The zero-order valence-electron chi connectivity index (χ0n) is 15.3. The Bertz CT molecular complexity index is 1230. The third-order valence-electron chi connectivity index (χ3n) is 4.30. The molecule has 3 aromatic heterocycles. The first-order valence-corrected chi connectivity index (χ1v) is 10.4. The first-order chi connectivity index (χ1) is 13.4. The second-order valence-corrected chi connectivity index (χ2v) is 8.47. The summed E-state index contributed by atoms with van der Waals surface area (Å²) in [7, 11) is -3.23. The highest BCUT2D eigenvalue weighted by atomic mass is 32.2. The number of pyridine rings is 2. The molecule has 4 aromatic rings. The van der Waals surface area contributed by atoms with Crippen LogP contribution >= 0.6 is 0 Å². The van der Waals surface area contributed by atoms with Crippen LogP contribution < -0.4 is 0 Å². The van der Waals surface area contributed by atoms with E-state index < -0.39 is 9.84 Å². The number of aromatic nitrogens is 5. The van der Waals surface area contributed by atoms with E-state index in [-0.39, 0.29) is 4.90 Å². The minimum Gasteiger partial charge on any atom is -0.256 e. The van der Waals surface area contributed by atoms with Crippen LogP contribution in [0.4, 0.5) is 0 Å². The summed E-state index contributed by atoms with van der Waals surface area (Å²) in [4.78, 5) is 9.10. The van der Waals surface area contributed by atoms with Crippen LogP contribution in [0.2, 0.25) is 0 Å². The summed E-state index contributed by atoms with van der Waals surface area (Å²) >= 11 is 0. The quantitative estimate of drug-likeness (QED) is 0.531. The molecular weight excluding hydrogens is 374 g/mol. The third kappa shape index (κ3) is 3.54. The zero-order chi connectivity index (χ0) is 19.7. The molecule has 0 saturated carbocycles. The van der Waals surface area contributed by atoms with E-state index in [1.807, 2.05) is 31.2 Å². The van der Waals surface area contributed by atoms with Gasteiger partial charge in [0, 0.05) is 29.8 Å². The Kier molecular flexibility index (Phi) is 4.48. The van der Waals surface area contributed by atoms with Crippen LogP contribution in [0.25, 0.3) is 28.3 Å². The summed E-state index contributed by atoms with van der Waals surface area (Å²) in [6.07, 6.45) is 6.35. The number of benzene rings is 1. The van der Waals surface area contributed by atoms with Crippen LogP contribution in [-0.2, 0) is 9.84 Å². The van der Waals surface area contributed by atoms with Crippen LogP contribution in [0.5, 0.6) is 0 Å². The first-order valence-electron chi connectivity index (χ1n) is 8.52. The molecule has 0 aliphatic carbocycles. The molecule has 3 heterocycles. The number of aryl methyl sites for hydroxylation is 1. The predicted molar refractivity (Wildman–Crippen MR) is 106 cm³/mol. The Morgan fingerprint density at radius 1 is 0.893 bits per heavy atom. The van der Waals surface area contributed by atoms with Gasteiger partial charge in [-0.2, -0.15) is 4.68 Å². The standard InChI is InChI=1S/C20H17N5O2S/c1-14-3-8-20(22-12-14)25-19(13-23-24-25)16-9-10-21-18(11-16)15-4-6-17(7-5-15)28(2,26)27/h3-13H,1-2H3. The number of hydrogen-bond donors (Lipinski definition) is 0. The number of hydrogen-bond acceptors (Lipinski definition) is 6. The van der Waals surface area contributed by atoms with Crippen molar-refractivity contribution in [3.63, 3.8) is 0 Å². The molecule has 8 heteroatoms. The van der Waals surface area contributed by atoms with Gasteiger partial charge in [0.25, 0.3) is 0 Å². The van der Waals surface area contributed by atoms with Gasteiger partial charge in [-0.05, 0) is 42.8 Å². The van der Waals surface area contributed by atoms with Gasteiger partial charge >= 0.3 is 0 Å². The van der Waals surface area contributed by atoms with E-state index >= 15 is 0 Å². The minimum absolute atomic E-state index is 0.278. The molecule has 0 N–H and O–H groups in total. The van der Waals surface area contributed by atoms with Crippen LogP contribution in [0.1, 0.15) is 5.56 Å². The van der Waals surface area contributed by atoms with Gasteiger partial charge in [-0.25, -0.2) is 13.4 Å². The second kappa shape index (κ2) is 6.97. The Balaban J connectivity index is 1.73. The molecule has 7 nitrogen and oxygen atoms in total. The number of nitrogens with zero attached hydrogens (tertiary/aromatic N) is 5. The molecule has 0 fully saturated rings. The molecule has 28 heavy (non-hydrogen) atoms. The lowest BCUT2D eigenvalue weighted by Crippen LogP contribution is -2.02. The fraction of sp³-hybridized carbons (Fsp3) is 0.100. The lowest BCUT2D eigenvalue weighted by atomic mass is 10.1. The van der Waals surface area contributed by atoms with Gasteiger partial charge in [-0.15, -0.1) is 5.10 Å². The second-order valence-electron chi connectivity index (χ2n) is 6.45. The summed E-state index contributed by atoms with van der Waals surface area (Å²) in [6.45, 7) is 1.98. The molecule has 0 unspecified atom stereocenters. The maximum atomic E-state index is 11.6. The van der Waals surface area contributed by atoms with Crippen molar-refractivity contribution in [3.05, 3.63) is 72.7 Å². The molecule has 1 aromatic carbocycles. The molecule has 140 valence electrons. The molecule has 0 radical (unpaired) electrons. The van der Waals surface area contributed by atoms with Gasteiger partial charge in [0.15, 0.2) is 15.7 Å². The van der Waals surface area contributed by atoms with E-state index in [1.54, 1.807) is 47.5 Å². The zero-order valence-corrected chi connectivity index (χ0v) is 16.1. The van der Waals surface area contributed by atoms with Gasteiger partial charge in [-0.3, -0.25) is 4.98 Å². The van der Waals surface area contributed by atoms with Crippen LogP contribution in [0.15, 0.2) is 72.0 Å². The molecule has 0 bridgehead atoms. The molecule has 0 spiro atoms. The van der Waals surface area contributed by atoms with Crippen molar-refractivity contribution in [1.29, 1.82) is 0 Å². The predicted octanol–water partition coefficient (Wildman–Crippen LogP) is 3.10. The van der Waals surface area contributed by atoms with E-state index in [4.69, 9.17) is 0 Å². The van der Waals surface area contributed by atoms with Crippen molar-refractivity contribution in [2.75, 3.05) is 6.26 Å². The van der Waals surface area contributed by atoms with Gasteiger partial charge in [0.1, 0.15) is 0 Å². The van der Waals surface area contributed by atoms with E-state index in [2.05, 4.69) is 20.3 Å². The summed E-state index contributed by atoms with van der Waals surface area (Å²) < 4.78 is 25.0. The summed E-state index contributed by atoms with van der Waals surface area (Å²) in [5, 5.41) is 8.17. The molecule has 4 rings (SSSR count). The van der Waals surface area contributed by atoms with Crippen molar-refractivity contribution in [3.8, 4) is 28.3 Å². The van der Waals surface area contributed by atoms with Gasteiger partial charge in [-0.1, -0.05) is 23.4 Å². The van der Waals surface area contributed by atoms with Gasteiger partial charge in [0.2, 0.25) is 0 Å². The fourth-order valence-electron chi connectivity index (χ4n) is 2.81. The van der Waals surface area contributed by atoms with Crippen molar-refractivity contribution in [2.24, 2.45) is 0 Å². The first kappa shape index (κ1) is 18.0. The van der Waals surface area contributed by atoms with Crippen molar-refractivity contribution < 1.29 is 8.42 Å². The van der Waals surface area contributed by atoms with Crippen molar-refractivity contribution >= 4 is 9.84 Å². The largest absolute Gasteiger partial charge is 0.256 e. The molecular formula is C20H17N5O2S. The Hall–Kier alpha value is -3.39. The normalized spacial score (nSPS) is 11.5. The van der Waals surface area contributed by atoms with Crippen molar-refractivity contribution in [2.45, 2.75) is 11.8 Å². The molecule has 0 aliphatic heterocycles. The average molecular weight is 391 g/mol. The molecule has 0 atom stereocenters. The van der Waals surface area contributed by atoms with Crippen molar-refractivity contribution in [1.82, 2.24) is 25.0 Å². The molecule has 0 saturated heterocycles. The van der Waals surface area contributed by atoms with Crippen LogP contribution in [-0.4, -0.2) is 39.6 Å². The fourth-order valence-corrected chi connectivity index (χ4v) is 3.44. The van der Waals surface area contributed by atoms with Gasteiger partial charge in [0.05, 0.1) is 22.5 Å². The lowest BCUT2D eigenvalue weighted by Gasteiger charge is -2.08. The molecule has 0 amide bonds. The Morgan fingerprint density at radius 2 is 1.68 bits per heavy atom. The van der Waals surface area contributed by atoms with Crippen LogP contribution in [0, 0.1) is 6.92 Å². The van der Waals surface area contributed by atoms with Gasteiger partial charge < -0.3 is 0 Å². The highest BCUT2D eigenvalue weighted by Gasteiger charge is 2.12. The maximum Gasteiger partial charge on any atom is 0.175 e. The number of rotatable bonds is 4. The van der Waals surface area contributed by atoms with E-state index in [9.17, 15) is 8.42 Å². The molecule has 0 aliphatic rings. The van der Waals surface area contributed by atoms with Crippen LogP contribution in [0.3, 0.4) is 0 Å². The topological polar surface area (TPSA) is 90.6 Å². The highest BCUT2D eigenvalue weighted by molar-refractivity contribution is 7.90. The lowest BCUT2D eigenvalue weighted by molar-refractivity contribution is 0.602. The monoisotopic (exact) mass is 391 g/mol. The van der Waals surface area contributed by atoms with E-state index in [0.717, 1.165) is 28.1 Å². The SMILES string of the molecule is Cc1ccc(-n2nncc2-c2ccnc(-c3ccc(S(C)(=O)=O)cc3)c2)nc1. The summed E-state index contributed by atoms with van der Waals surface area (Å²) in [6, 6.07) is 14.3. The summed E-state index contributed by atoms with van der Waals surface area (Å²) in [5.41, 5.74) is 4.27.